The van der Waals surface area contributed by atoms with Crippen LogP contribution >= 0.6 is 11.6 Å². The topological polar surface area (TPSA) is 32.3 Å². The monoisotopic (exact) mass is 430 g/mol. The third kappa shape index (κ3) is 3.16. The molecule has 6 rings (SSSR count). The van der Waals surface area contributed by atoms with Gasteiger partial charge in [0.1, 0.15) is 12.1 Å². The van der Waals surface area contributed by atoms with Gasteiger partial charge in [-0.3, -0.25) is 4.90 Å². The highest BCUT2D eigenvalue weighted by atomic mass is 35.5. The first-order valence-electron chi connectivity index (χ1n) is 11.3. The van der Waals surface area contributed by atoms with Gasteiger partial charge < -0.3 is 4.90 Å². The van der Waals surface area contributed by atoms with Crippen LogP contribution in [0, 0.1) is 0 Å². The standard InChI is InChI=1S/C26H27ClN4/c1-18-7-9-22-24(18)25(29-17-28-22)31-16-26(21-13-20(27)8-10-23(21)31)11-12-30(15-26)14-19-5-3-2-4-6-19/h2-6,8,10,13,17-18H,7,9,11-12,14-16H2,1H3/t18-,26?/m1/s1. The maximum absolute atomic E-state index is 6.50. The average molecular weight is 431 g/mol. The zero-order valence-corrected chi connectivity index (χ0v) is 18.6. The van der Waals surface area contributed by atoms with Crippen LogP contribution in [0.25, 0.3) is 0 Å². The largest absolute Gasteiger partial charge is 0.325 e. The number of hydrogen-bond acceptors (Lipinski definition) is 4. The lowest BCUT2D eigenvalue weighted by molar-refractivity contribution is 0.307. The second kappa shape index (κ2) is 7.32. The van der Waals surface area contributed by atoms with Crippen LogP contribution in [0.3, 0.4) is 0 Å². The van der Waals surface area contributed by atoms with Crippen molar-refractivity contribution in [2.45, 2.75) is 44.1 Å². The Morgan fingerprint density at radius 3 is 2.84 bits per heavy atom. The molecule has 0 saturated carbocycles. The molecule has 1 fully saturated rings. The first-order valence-corrected chi connectivity index (χ1v) is 11.7. The van der Waals surface area contributed by atoms with E-state index in [1.165, 1.54) is 34.5 Å². The fraction of sp³-hybridized carbons (Fsp3) is 0.385. The minimum absolute atomic E-state index is 0.0920. The highest BCUT2D eigenvalue weighted by molar-refractivity contribution is 6.30. The van der Waals surface area contributed by atoms with E-state index < -0.39 is 0 Å². The fourth-order valence-corrected chi connectivity index (χ4v) is 6.12. The third-order valence-corrected chi connectivity index (χ3v) is 7.71. The molecule has 5 heteroatoms. The van der Waals surface area contributed by atoms with Gasteiger partial charge in [0, 0.05) is 47.0 Å². The number of fused-ring (bicyclic) bond motifs is 3. The molecule has 1 aromatic heterocycles. The maximum atomic E-state index is 6.50. The lowest BCUT2D eigenvalue weighted by Crippen LogP contribution is -2.35. The number of likely N-dealkylation sites (tertiary alicyclic amines) is 1. The summed E-state index contributed by atoms with van der Waals surface area (Å²) in [4.78, 5) is 14.5. The van der Waals surface area contributed by atoms with Crippen molar-refractivity contribution in [1.82, 2.24) is 14.9 Å². The van der Waals surface area contributed by atoms with Crippen LogP contribution in [-0.4, -0.2) is 34.5 Å². The van der Waals surface area contributed by atoms with Crippen LogP contribution in [0.4, 0.5) is 11.5 Å². The van der Waals surface area contributed by atoms with Gasteiger partial charge in [0.05, 0.1) is 0 Å². The second-order valence-corrected chi connectivity index (χ2v) is 9.91. The Kier molecular flexibility index (Phi) is 4.55. The first-order chi connectivity index (χ1) is 15.1. The number of rotatable bonds is 3. The second-order valence-electron chi connectivity index (χ2n) is 9.47. The SMILES string of the molecule is C[C@@H]1CCc2ncnc(N3CC4(CCN(Cc5ccccc5)C4)c4cc(Cl)ccc43)c21. The van der Waals surface area contributed by atoms with Gasteiger partial charge in [-0.1, -0.05) is 48.9 Å². The van der Waals surface area contributed by atoms with Gasteiger partial charge in [-0.2, -0.15) is 0 Å². The van der Waals surface area contributed by atoms with Crippen molar-refractivity contribution in [3.05, 3.63) is 82.3 Å². The molecule has 2 atom stereocenters. The van der Waals surface area contributed by atoms with E-state index in [-0.39, 0.29) is 5.41 Å². The van der Waals surface area contributed by atoms with Crippen LogP contribution in [0.5, 0.6) is 0 Å². The predicted octanol–water partition coefficient (Wildman–Crippen LogP) is 5.48. The predicted molar refractivity (Wildman–Crippen MR) is 125 cm³/mol. The van der Waals surface area contributed by atoms with Gasteiger partial charge in [0.15, 0.2) is 0 Å². The smallest absolute Gasteiger partial charge is 0.140 e. The van der Waals surface area contributed by atoms with Crippen molar-refractivity contribution < 1.29 is 0 Å². The van der Waals surface area contributed by atoms with E-state index in [0.717, 1.165) is 49.9 Å². The highest BCUT2D eigenvalue weighted by Crippen LogP contribution is 2.51. The Labute approximate surface area is 188 Å². The molecule has 3 aliphatic rings. The minimum Gasteiger partial charge on any atom is -0.325 e. The Bertz CT molecular complexity index is 1130. The zero-order valence-electron chi connectivity index (χ0n) is 17.9. The molecule has 4 nitrogen and oxygen atoms in total. The van der Waals surface area contributed by atoms with Crippen molar-refractivity contribution in [2.24, 2.45) is 0 Å². The molecule has 1 aliphatic carbocycles. The van der Waals surface area contributed by atoms with Crippen LogP contribution in [0.1, 0.15) is 48.1 Å². The Hall–Kier alpha value is -2.43. The van der Waals surface area contributed by atoms with Crippen molar-refractivity contribution in [3.8, 4) is 0 Å². The number of benzene rings is 2. The van der Waals surface area contributed by atoms with Gasteiger partial charge in [0.25, 0.3) is 0 Å². The Morgan fingerprint density at radius 1 is 1.10 bits per heavy atom. The molecule has 2 aliphatic heterocycles. The lowest BCUT2D eigenvalue weighted by Gasteiger charge is -2.27. The van der Waals surface area contributed by atoms with Crippen molar-refractivity contribution in [3.63, 3.8) is 0 Å². The molecule has 0 radical (unpaired) electrons. The van der Waals surface area contributed by atoms with E-state index in [1.54, 1.807) is 6.33 Å². The highest BCUT2D eigenvalue weighted by Gasteiger charge is 2.48. The summed E-state index contributed by atoms with van der Waals surface area (Å²) in [5.41, 5.74) is 6.70. The van der Waals surface area contributed by atoms with Crippen molar-refractivity contribution >= 4 is 23.1 Å². The molecule has 3 aromatic rings. The van der Waals surface area contributed by atoms with Crippen LogP contribution in [0.2, 0.25) is 5.02 Å². The summed E-state index contributed by atoms with van der Waals surface area (Å²) in [6.07, 6.45) is 5.12. The van der Waals surface area contributed by atoms with Crippen molar-refractivity contribution in [2.75, 3.05) is 24.5 Å². The maximum Gasteiger partial charge on any atom is 0.140 e. The number of nitrogens with zero attached hydrogens (tertiary/aromatic N) is 4. The van der Waals surface area contributed by atoms with E-state index in [0.29, 0.717) is 5.92 Å². The molecule has 0 bridgehead atoms. The van der Waals surface area contributed by atoms with E-state index in [9.17, 15) is 0 Å². The van der Waals surface area contributed by atoms with Gasteiger partial charge in [0.2, 0.25) is 0 Å². The lowest BCUT2D eigenvalue weighted by atomic mass is 9.81. The summed E-state index contributed by atoms with van der Waals surface area (Å²) in [5.74, 6) is 1.62. The molecule has 31 heavy (non-hydrogen) atoms. The van der Waals surface area contributed by atoms with Gasteiger partial charge in [-0.05, 0) is 61.1 Å². The number of aromatic nitrogens is 2. The van der Waals surface area contributed by atoms with Crippen LogP contribution in [0.15, 0.2) is 54.9 Å². The summed E-state index contributed by atoms with van der Waals surface area (Å²) in [6, 6.07) is 17.2. The van der Waals surface area contributed by atoms with Gasteiger partial charge in [-0.25, -0.2) is 9.97 Å². The third-order valence-electron chi connectivity index (χ3n) is 7.47. The minimum atomic E-state index is 0.0920. The van der Waals surface area contributed by atoms with E-state index in [1.807, 2.05) is 6.07 Å². The molecule has 1 saturated heterocycles. The van der Waals surface area contributed by atoms with E-state index in [2.05, 4.69) is 64.2 Å². The molecule has 0 amide bonds. The average Bonchev–Trinajstić information content (AvgIpc) is 3.46. The molecular weight excluding hydrogens is 404 g/mol. The summed E-state index contributed by atoms with van der Waals surface area (Å²) in [7, 11) is 0. The molecular formula is C26H27ClN4. The Balaban J connectivity index is 1.38. The molecule has 2 aromatic carbocycles. The molecule has 0 N–H and O–H groups in total. The van der Waals surface area contributed by atoms with E-state index in [4.69, 9.17) is 16.6 Å². The van der Waals surface area contributed by atoms with Gasteiger partial charge >= 0.3 is 0 Å². The van der Waals surface area contributed by atoms with Crippen LogP contribution < -0.4 is 4.90 Å². The molecule has 158 valence electrons. The fourth-order valence-electron chi connectivity index (χ4n) is 5.95. The first kappa shape index (κ1) is 19.3. The Morgan fingerprint density at radius 2 is 1.97 bits per heavy atom. The van der Waals surface area contributed by atoms with Gasteiger partial charge in [-0.15, -0.1) is 0 Å². The normalized spacial score (nSPS) is 24.7. The molecule has 1 spiro atoms. The molecule has 1 unspecified atom stereocenters. The molecule has 3 heterocycles. The summed E-state index contributed by atoms with van der Waals surface area (Å²) in [6.45, 7) is 6.43. The van der Waals surface area contributed by atoms with Crippen molar-refractivity contribution in [1.29, 1.82) is 0 Å². The quantitative estimate of drug-likeness (QED) is 0.551. The van der Waals surface area contributed by atoms with E-state index >= 15 is 0 Å². The number of halogens is 1. The number of anilines is 2. The van der Waals surface area contributed by atoms with Crippen LogP contribution in [-0.2, 0) is 18.4 Å². The summed E-state index contributed by atoms with van der Waals surface area (Å²) in [5, 5.41) is 0.822. The summed E-state index contributed by atoms with van der Waals surface area (Å²) < 4.78 is 0. The number of hydrogen-bond donors (Lipinski definition) is 0. The number of aryl methyl sites for hydroxylation is 1. The zero-order chi connectivity index (χ0) is 21.0. The summed E-state index contributed by atoms with van der Waals surface area (Å²) >= 11 is 6.50.